The first kappa shape index (κ1) is 17.4. The summed E-state index contributed by atoms with van der Waals surface area (Å²) in [6, 6.07) is 1.90. The average Bonchev–Trinajstić information content (AvgIpc) is 2.63. The number of urea groups is 1. The average molecular weight is 362 g/mol. The molecule has 0 saturated heterocycles. The number of ether oxygens (including phenoxy) is 3. The molecule has 26 heavy (non-hydrogen) atoms. The molecule has 3 rings (SSSR count). The van der Waals surface area contributed by atoms with Crippen LogP contribution in [0.5, 0.6) is 17.2 Å². The van der Waals surface area contributed by atoms with Gasteiger partial charge in [-0.05, 0) is 17.7 Å². The molecule has 0 fully saturated rings. The number of nitrogens with one attached hydrogen (secondary N) is 3. The fraction of sp³-hybridized carbons (Fsp3) is 0.312. The number of aromatic amines is 1. The largest absolute Gasteiger partial charge is 0.493 e. The van der Waals surface area contributed by atoms with Crippen LogP contribution >= 0.6 is 0 Å². The second-order valence-electron chi connectivity index (χ2n) is 5.57. The summed E-state index contributed by atoms with van der Waals surface area (Å²) in [7, 11) is 5.86. The van der Waals surface area contributed by atoms with Crippen molar-refractivity contribution in [2.45, 2.75) is 6.04 Å². The van der Waals surface area contributed by atoms with Gasteiger partial charge < -0.3 is 19.5 Å². The number of rotatable bonds is 4. The van der Waals surface area contributed by atoms with Gasteiger partial charge in [0, 0.05) is 7.05 Å². The molecule has 2 aromatic rings. The zero-order chi connectivity index (χ0) is 19.0. The monoisotopic (exact) mass is 362 g/mol. The summed E-state index contributed by atoms with van der Waals surface area (Å²) in [5.74, 6) is 1.25. The number of hydrogen-bond donors (Lipinski definition) is 3. The molecular formula is C16H18N4O6. The van der Waals surface area contributed by atoms with Gasteiger partial charge in [0.2, 0.25) is 5.75 Å². The van der Waals surface area contributed by atoms with Crippen LogP contribution in [0.15, 0.2) is 21.7 Å². The molecule has 1 atom stereocenters. The Balaban J connectivity index is 2.27. The summed E-state index contributed by atoms with van der Waals surface area (Å²) < 4.78 is 17.1. The van der Waals surface area contributed by atoms with Crippen LogP contribution in [0, 0.1) is 0 Å². The first-order valence-corrected chi connectivity index (χ1v) is 7.61. The fourth-order valence-electron chi connectivity index (χ4n) is 2.92. The molecular weight excluding hydrogens is 344 g/mol. The van der Waals surface area contributed by atoms with Gasteiger partial charge in [0.1, 0.15) is 5.82 Å². The minimum absolute atomic E-state index is 0.126. The lowest BCUT2D eigenvalue weighted by molar-refractivity contribution is 0.248. The van der Waals surface area contributed by atoms with Crippen molar-refractivity contribution in [2.24, 2.45) is 7.05 Å². The molecule has 0 aliphatic carbocycles. The van der Waals surface area contributed by atoms with Gasteiger partial charge in [-0.1, -0.05) is 0 Å². The van der Waals surface area contributed by atoms with E-state index in [9.17, 15) is 14.4 Å². The van der Waals surface area contributed by atoms with E-state index < -0.39 is 23.3 Å². The molecule has 10 heteroatoms. The second kappa shape index (κ2) is 6.47. The lowest BCUT2D eigenvalue weighted by atomic mass is 9.97. The van der Waals surface area contributed by atoms with Crippen molar-refractivity contribution >= 4 is 11.8 Å². The van der Waals surface area contributed by atoms with Crippen molar-refractivity contribution in [2.75, 3.05) is 26.6 Å². The highest BCUT2D eigenvalue weighted by molar-refractivity contribution is 5.92. The Morgan fingerprint density at radius 3 is 2.15 bits per heavy atom. The molecule has 0 bridgehead atoms. The van der Waals surface area contributed by atoms with Gasteiger partial charge in [-0.3, -0.25) is 19.7 Å². The van der Waals surface area contributed by atoms with Gasteiger partial charge >= 0.3 is 11.7 Å². The van der Waals surface area contributed by atoms with Crippen molar-refractivity contribution in [3.05, 3.63) is 44.1 Å². The van der Waals surface area contributed by atoms with E-state index in [1.54, 1.807) is 12.1 Å². The first-order chi connectivity index (χ1) is 12.4. The normalized spacial score (nSPS) is 15.5. The summed E-state index contributed by atoms with van der Waals surface area (Å²) in [6.07, 6.45) is 0. The molecule has 0 radical (unpaired) electrons. The number of benzene rings is 1. The van der Waals surface area contributed by atoms with E-state index in [1.165, 1.54) is 32.9 Å². The maximum atomic E-state index is 12.4. The molecule has 2 heterocycles. The Morgan fingerprint density at radius 1 is 1.00 bits per heavy atom. The predicted octanol–water partition coefficient (Wildman–Crippen LogP) is 0.324. The van der Waals surface area contributed by atoms with Crippen LogP contribution in [0.3, 0.4) is 0 Å². The van der Waals surface area contributed by atoms with Crippen molar-refractivity contribution in [3.63, 3.8) is 0 Å². The van der Waals surface area contributed by atoms with Crippen LogP contribution in [0.1, 0.15) is 17.2 Å². The number of carbonyl (C=O) groups is 1. The standard InChI is InChI=1S/C16H18N4O6/c1-20-13-10(14(21)19-16(20)23)11(17-15(22)18-13)7-5-8(24-2)12(26-4)9(6-7)25-3/h5-6,11H,1-4H3,(H2,17,18,22)(H,19,21,23)/t11-/m1/s1. The number of H-pyrrole nitrogens is 1. The van der Waals surface area contributed by atoms with E-state index in [4.69, 9.17) is 14.2 Å². The predicted molar refractivity (Wildman–Crippen MR) is 92.4 cm³/mol. The molecule has 138 valence electrons. The van der Waals surface area contributed by atoms with Crippen LogP contribution < -0.4 is 36.1 Å². The summed E-state index contributed by atoms with van der Waals surface area (Å²) in [5, 5.41) is 5.17. The molecule has 1 aliphatic rings. The molecule has 3 N–H and O–H groups in total. The number of nitrogens with zero attached hydrogens (tertiary/aromatic N) is 1. The van der Waals surface area contributed by atoms with Crippen molar-refractivity contribution in [1.82, 2.24) is 14.9 Å². The highest BCUT2D eigenvalue weighted by Crippen LogP contribution is 2.41. The van der Waals surface area contributed by atoms with Gasteiger partial charge in [-0.2, -0.15) is 0 Å². The molecule has 0 unspecified atom stereocenters. The van der Waals surface area contributed by atoms with E-state index in [2.05, 4.69) is 15.6 Å². The smallest absolute Gasteiger partial charge is 0.329 e. The maximum Gasteiger partial charge on any atom is 0.329 e. The first-order valence-electron chi connectivity index (χ1n) is 7.61. The third-order valence-electron chi connectivity index (χ3n) is 4.18. The van der Waals surface area contributed by atoms with Crippen LogP contribution in [-0.2, 0) is 7.05 Å². The number of hydrogen-bond acceptors (Lipinski definition) is 6. The Hall–Kier alpha value is -3.43. The maximum absolute atomic E-state index is 12.4. The van der Waals surface area contributed by atoms with Gasteiger partial charge in [-0.25, -0.2) is 9.59 Å². The fourth-order valence-corrected chi connectivity index (χ4v) is 2.92. The Kier molecular flexibility index (Phi) is 4.33. The van der Waals surface area contributed by atoms with Crippen LogP contribution in [-0.4, -0.2) is 36.9 Å². The second-order valence-corrected chi connectivity index (χ2v) is 5.57. The van der Waals surface area contributed by atoms with E-state index in [0.29, 0.717) is 22.8 Å². The minimum atomic E-state index is -0.817. The molecule has 0 saturated carbocycles. The van der Waals surface area contributed by atoms with Crippen LogP contribution in [0.2, 0.25) is 0 Å². The molecule has 0 spiro atoms. The topological polar surface area (TPSA) is 124 Å². The summed E-state index contributed by atoms with van der Waals surface area (Å²) in [6.45, 7) is 0. The van der Waals surface area contributed by atoms with Crippen LogP contribution in [0.4, 0.5) is 10.6 Å². The van der Waals surface area contributed by atoms with Gasteiger partial charge in [0.15, 0.2) is 11.5 Å². The van der Waals surface area contributed by atoms with Crippen LogP contribution in [0.25, 0.3) is 0 Å². The minimum Gasteiger partial charge on any atom is -0.493 e. The SMILES string of the molecule is COc1cc([C@H]2NC(=O)Nc3c2c(=O)[nH]c(=O)n3C)cc(OC)c1OC. The number of amides is 2. The van der Waals surface area contributed by atoms with Gasteiger partial charge in [0.25, 0.3) is 5.56 Å². The number of anilines is 1. The van der Waals surface area contributed by atoms with E-state index >= 15 is 0 Å². The zero-order valence-corrected chi connectivity index (χ0v) is 14.6. The summed E-state index contributed by atoms with van der Waals surface area (Å²) in [4.78, 5) is 38.6. The lowest BCUT2D eigenvalue weighted by Gasteiger charge is -2.28. The van der Waals surface area contributed by atoms with Crippen molar-refractivity contribution in [1.29, 1.82) is 0 Å². The Labute approximate surface area is 147 Å². The molecule has 1 aliphatic heterocycles. The molecule has 1 aromatic heterocycles. The lowest BCUT2D eigenvalue weighted by Crippen LogP contribution is -2.46. The Morgan fingerprint density at radius 2 is 1.62 bits per heavy atom. The number of methoxy groups -OCH3 is 3. The third-order valence-corrected chi connectivity index (χ3v) is 4.18. The summed E-state index contributed by atoms with van der Waals surface area (Å²) >= 11 is 0. The number of fused-ring (bicyclic) bond motifs is 1. The molecule has 2 amide bonds. The third kappa shape index (κ3) is 2.65. The molecule has 10 nitrogen and oxygen atoms in total. The molecule has 1 aromatic carbocycles. The van der Waals surface area contributed by atoms with Gasteiger partial charge in [-0.15, -0.1) is 0 Å². The van der Waals surface area contributed by atoms with Crippen molar-refractivity contribution < 1.29 is 19.0 Å². The quantitative estimate of drug-likeness (QED) is 0.720. The number of aromatic nitrogens is 2. The van der Waals surface area contributed by atoms with Gasteiger partial charge in [0.05, 0.1) is 32.9 Å². The zero-order valence-electron chi connectivity index (χ0n) is 14.6. The number of carbonyl (C=O) groups excluding carboxylic acids is 1. The summed E-state index contributed by atoms with van der Waals surface area (Å²) in [5.41, 5.74) is -0.505. The van der Waals surface area contributed by atoms with E-state index in [0.717, 1.165) is 0 Å². The van der Waals surface area contributed by atoms with Crippen molar-refractivity contribution in [3.8, 4) is 17.2 Å². The Bertz CT molecular complexity index is 968. The van der Waals surface area contributed by atoms with E-state index in [1.807, 2.05) is 0 Å². The van der Waals surface area contributed by atoms with E-state index in [-0.39, 0.29) is 11.4 Å². The highest BCUT2D eigenvalue weighted by atomic mass is 16.5. The highest BCUT2D eigenvalue weighted by Gasteiger charge is 2.32.